The number of aliphatic imine (C=N–C) groups is 1. The summed E-state index contributed by atoms with van der Waals surface area (Å²) in [5, 5.41) is 9.90. The van der Waals surface area contributed by atoms with Crippen molar-refractivity contribution in [1.82, 2.24) is 4.98 Å². The SMILES string of the molecule is CCCCOC1=NC(=O)c2c(OCCCC)[nH]c(O)c21. The van der Waals surface area contributed by atoms with Crippen LogP contribution in [-0.2, 0) is 4.74 Å². The Morgan fingerprint density at radius 1 is 1.10 bits per heavy atom. The second kappa shape index (κ2) is 6.45. The number of nitrogens with one attached hydrogen (secondary N) is 1. The van der Waals surface area contributed by atoms with Gasteiger partial charge < -0.3 is 14.6 Å². The van der Waals surface area contributed by atoms with Gasteiger partial charge in [0.1, 0.15) is 11.1 Å². The first-order valence-electron chi connectivity index (χ1n) is 7.02. The van der Waals surface area contributed by atoms with Crippen molar-refractivity contribution in [2.75, 3.05) is 13.2 Å². The fourth-order valence-electron chi connectivity index (χ4n) is 1.93. The molecular formula is C14H20N2O4. The molecule has 0 radical (unpaired) electrons. The summed E-state index contributed by atoms with van der Waals surface area (Å²) in [7, 11) is 0. The Morgan fingerprint density at radius 3 is 2.40 bits per heavy atom. The van der Waals surface area contributed by atoms with Gasteiger partial charge in [-0.3, -0.25) is 9.78 Å². The Morgan fingerprint density at radius 2 is 1.75 bits per heavy atom. The number of unbranched alkanes of at least 4 members (excludes halogenated alkanes) is 2. The molecule has 0 aliphatic carbocycles. The number of nitrogens with zero attached hydrogens (tertiary/aromatic N) is 1. The van der Waals surface area contributed by atoms with E-state index in [9.17, 15) is 9.90 Å². The molecule has 0 saturated carbocycles. The summed E-state index contributed by atoms with van der Waals surface area (Å²) in [6.07, 6.45) is 3.72. The lowest BCUT2D eigenvalue weighted by molar-refractivity contribution is 0.100. The van der Waals surface area contributed by atoms with Gasteiger partial charge in [-0.05, 0) is 12.8 Å². The van der Waals surface area contributed by atoms with Crippen molar-refractivity contribution in [3.8, 4) is 11.8 Å². The van der Waals surface area contributed by atoms with Crippen LogP contribution in [0.25, 0.3) is 0 Å². The minimum Gasteiger partial charge on any atom is -0.494 e. The van der Waals surface area contributed by atoms with E-state index in [0.717, 1.165) is 25.7 Å². The quantitative estimate of drug-likeness (QED) is 0.752. The molecule has 1 aliphatic rings. The molecule has 0 fully saturated rings. The summed E-state index contributed by atoms with van der Waals surface area (Å²) >= 11 is 0. The number of aromatic amines is 1. The number of carbonyl (C=O) groups is 1. The Bertz CT molecular complexity index is 519. The molecule has 0 bridgehead atoms. The van der Waals surface area contributed by atoms with Gasteiger partial charge in [-0.2, -0.15) is 4.99 Å². The van der Waals surface area contributed by atoms with Gasteiger partial charge in [0, 0.05) is 0 Å². The zero-order chi connectivity index (χ0) is 14.5. The lowest BCUT2D eigenvalue weighted by Gasteiger charge is -2.03. The highest BCUT2D eigenvalue weighted by molar-refractivity contribution is 6.21. The molecule has 1 aromatic heterocycles. The van der Waals surface area contributed by atoms with Crippen molar-refractivity contribution >= 4 is 11.8 Å². The van der Waals surface area contributed by atoms with Gasteiger partial charge in [-0.1, -0.05) is 26.7 Å². The molecule has 1 aromatic rings. The van der Waals surface area contributed by atoms with E-state index in [1.807, 2.05) is 13.8 Å². The number of hydrogen-bond acceptors (Lipinski definition) is 4. The van der Waals surface area contributed by atoms with Crippen LogP contribution in [0.5, 0.6) is 11.8 Å². The highest BCUT2D eigenvalue weighted by Gasteiger charge is 2.34. The maximum atomic E-state index is 11.9. The van der Waals surface area contributed by atoms with E-state index in [2.05, 4.69) is 9.98 Å². The van der Waals surface area contributed by atoms with Crippen molar-refractivity contribution in [2.45, 2.75) is 39.5 Å². The summed E-state index contributed by atoms with van der Waals surface area (Å²) in [5.41, 5.74) is 0.586. The fraction of sp³-hybridized carbons (Fsp3) is 0.571. The smallest absolute Gasteiger partial charge is 0.286 e. The number of carbonyl (C=O) groups excluding carboxylic acids is 1. The zero-order valence-corrected chi connectivity index (χ0v) is 11.9. The van der Waals surface area contributed by atoms with E-state index in [1.54, 1.807) is 0 Å². The Kier molecular flexibility index (Phi) is 4.65. The van der Waals surface area contributed by atoms with Crippen LogP contribution in [0.15, 0.2) is 4.99 Å². The molecule has 1 aliphatic heterocycles. The Balaban J connectivity index is 2.14. The van der Waals surface area contributed by atoms with Crippen molar-refractivity contribution in [3.63, 3.8) is 0 Å². The first-order chi connectivity index (χ1) is 9.69. The van der Waals surface area contributed by atoms with Gasteiger partial charge in [-0.25, -0.2) is 0 Å². The number of fused-ring (bicyclic) bond motifs is 1. The maximum absolute atomic E-state index is 11.9. The molecule has 0 saturated heterocycles. The fourth-order valence-corrected chi connectivity index (χ4v) is 1.93. The maximum Gasteiger partial charge on any atom is 0.286 e. The zero-order valence-electron chi connectivity index (χ0n) is 11.9. The van der Waals surface area contributed by atoms with Crippen LogP contribution in [0.4, 0.5) is 0 Å². The minimum atomic E-state index is -0.436. The third-order valence-electron chi connectivity index (χ3n) is 3.06. The second-order valence-electron chi connectivity index (χ2n) is 4.68. The molecule has 2 heterocycles. The lowest BCUT2D eigenvalue weighted by Crippen LogP contribution is -2.05. The van der Waals surface area contributed by atoms with E-state index < -0.39 is 5.91 Å². The molecule has 0 aromatic carbocycles. The third-order valence-corrected chi connectivity index (χ3v) is 3.06. The van der Waals surface area contributed by atoms with Crippen LogP contribution in [0.3, 0.4) is 0 Å². The van der Waals surface area contributed by atoms with Crippen LogP contribution in [-0.4, -0.2) is 35.1 Å². The number of H-pyrrole nitrogens is 1. The van der Waals surface area contributed by atoms with Crippen LogP contribution in [0.1, 0.15) is 55.5 Å². The van der Waals surface area contributed by atoms with E-state index in [-0.39, 0.29) is 23.2 Å². The molecule has 6 heteroatoms. The number of ether oxygens (including phenoxy) is 2. The largest absolute Gasteiger partial charge is 0.494 e. The molecule has 6 nitrogen and oxygen atoms in total. The average Bonchev–Trinajstić information content (AvgIpc) is 2.91. The van der Waals surface area contributed by atoms with Crippen LogP contribution < -0.4 is 4.74 Å². The first kappa shape index (κ1) is 14.4. The number of hydrogen-bond donors (Lipinski definition) is 2. The second-order valence-corrected chi connectivity index (χ2v) is 4.68. The number of aromatic hydroxyl groups is 1. The highest BCUT2D eigenvalue weighted by atomic mass is 16.5. The van der Waals surface area contributed by atoms with E-state index in [1.165, 1.54) is 0 Å². The molecule has 2 N–H and O–H groups in total. The molecule has 20 heavy (non-hydrogen) atoms. The Hall–Kier alpha value is -1.98. The molecular weight excluding hydrogens is 260 g/mol. The summed E-state index contributed by atoms with van der Waals surface area (Å²) in [5.74, 6) is -0.117. The molecule has 110 valence electrons. The van der Waals surface area contributed by atoms with Crippen molar-refractivity contribution < 1.29 is 19.4 Å². The third kappa shape index (κ3) is 2.79. The van der Waals surface area contributed by atoms with Gasteiger partial charge in [0.05, 0.1) is 13.2 Å². The molecule has 2 rings (SSSR count). The van der Waals surface area contributed by atoms with Gasteiger partial charge in [0.15, 0.2) is 0 Å². The van der Waals surface area contributed by atoms with Gasteiger partial charge in [0.25, 0.3) is 5.91 Å². The van der Waals surface area contributed by atoms with Crippen molar-refractivity contribution in [1.29, 1.82) is 0 Å². The van der Waals surface area contributed by atoms with Gasteiger partial charge in [-0.15, -0.1) is 0 Å². The van der Waals surface area contributed by atoms with Gasteiger partial charge in [0.2, 0.25) is 17.7 Å². The van der Waals surface area contributed by atoms with E-state index in [0.29, 0.717) is 18.8 Å². The average molecular weight is 280 g/mol. The Labute approximate surface area is 117 Å². The van der Waals surface area contributed by atoms with Gasteiger partial charge >= 0.3 is 0 Å². The normalized spacial score (nSPS) is 13.3. The van der Waals surface area contributed by atoms with Crippen LogP contribution >= 0.6 is 0 Å². The summed E-state index contributed by atoms with van der Waals surface area (Å²) in [6.45, 7) is 5.05. The molecule has 1 amide bonds. The number of aromatic nitrogens is 1. The van der Waals surface area contributed by atoms with Crippen LogP contribution in [0, 0.1) is 0 Å². The number of amides is 1. The number of rotatable bonds is 7. The first-order valence-corrected chi connectivity index (χ1v) is 7.02. The minimum absolute atomic E-state index is 0.132. The predicted octanol–water partition coefficient (Wildman–Crippen LogP) is 2.62. The monoisotopic (exact) mass is 280 g/mol. The van der Waals surface area contributed by atoms with Crippen molar-refractivity contribution in [2.24, 2.45) is 4.99 Å². The predicted molar refractivity (Wildman–Crippen MR) is 74.6 cm³/mol. The van der Waals surface area contributed by atoms with Crippen molar-refractivity contribution in [3.05, 3.63) is 11.1 Å². The van der Waals surface area contributed by atoms with E-state index in [4.69, 9.17) is 9.47 Å². The summed E-state index contributed by atoms with van der Waals surface area (Å²) in [6, 6.07) is 0. The highest BCUT2D eigenvalue weighted by Crippen LogP contribution is 2.35. The summed E-state index contributed by atoms with van der Waals surface area (Å²) < 4.78 is 10.9. The standard InChI is InChI=1S/C14H20N2O4/c1-3-5-7-19-13-9-10(12(18)15-13)14(16-11(9)17)20-8-6-4-2/h15,18H,3-8H2,1-2H3. The molecule has 0 spiro atoms. The molecule has 0 unspecified atom stereocenters. The topological polar surface area (TPSA) is 83.9 Å². The van der Waals surface area contributed by atoms with E-state index >= 15 is 0 Å². The van der Waals surface area contributed by atoms with Crippen LogP contribution in [0.2, 0.25) is 0 Å². The summed E-state index contributed by atoms with van der Waals surface area (Å²) in [4.78, 5) is 18.4. The molecule has 0 atom stereocenters. The lowest BCUT2D eigenvalue weighted by atomic mass is 10.2.